The van der Waals surface area contributed by atoms with Gasteiger partial charge in [-0.2, -0.15) is 0 Å². The fraction of sp³-hybridized carbons (Fsp3) is 0.519. The summed E-state index contributed by atoms with van der Waals surface area (Å²) in [4.78, 5) is 44.7. The number of rotatable bonds is 10. The Bertz CT molecular complexity index is 1050. The standard InChI is InChI=1S/C27H33ClN2O5S/c1-5-7-13-35-26(34)21-20-14-16(3)27(36-20)22(21)24(32)30(17(4)15-31)23(27)25(33)29(12-6-2)19-10-8-18(28)9-11-19/h5-6,8-11,16-17,20-23,31H,1-2,7,12-15H2,3-4H3/t16?,17-,20-,21+,22+,23?,27?/m1/s1. The average molecular weight is 533 g/mol. The molecule has 36 heavy (non-hydrogen) atoms. The van der Waals surface area contributed by atoms with Crippen LogP contribution in [0.2, 0.25) is 5.02 Å². The molecule has 194 valence electrons. The third-order valence-corrected chi connectivity index (χ3v) is 10.0. The molecule has 4 rings (SSSR count). The molecule has 0 aliphatic carbocycles. The number of nitrogens with zero attached hydrogens (tertiary/aromatic N) is 2. The number of benzene rings is 1. The number of hydrogen-bond acceptors (Lipinski definition) is 6. The summed E-state index contributed by atoms with van der Waals surface area (Å²) in [5.74, 6) is -2.22. The molecular formula is C27H33ClN2O5S. The van der Waals surface area contributed by atoms with Gasteiger partial charge >= 0.3 is 5.97 Å². The van der Waals surface area contributed by atoms with Crippen molar-refractivity contribution in [1.82, 2.24) is 4.90 Å². The summed E-state index contributed by atoms with van der Waals surface area (Å²) in [6, 6.07) is 5.51. The number of ether oxygens (including phenoxy) is 1. The van der Waals surface area contributed by atoms with Crippen molar-refractivity contribution in [2.75, 3.05) is 24.7 Å². The minimum atomic E-state index is -0.844. The van der Waals surface area contributed by atoms with Gasteiger partial charge in [-0.25, -0.2) is 0 Å². The smallest absolute Gasteiger partial charge is 0.310 e. The van der Waals surface area contributed by atoms with E-state index in [1.807, 2.05) is 0 Å². The number of esters is 1. The van der Waals surface area contributed by atoms with E-state index in [1.165, 1.54) is 4.90 Å². The van der Waals surface area contributed by atoms with E-state index in [0.29, 0.717) is 23.6 Å². The zero-order chi connectivity index (χ0) is 26.2. The Balaban J connectivity index is 1.78. The summed E-state index contributed by atoms with van der Waals surface area (Å²) >= 11 is 7.66. The van der Waals surface area contributed by atoms with Crippen LogP contribution in [-0.4, -0.2) is 69.6 Å². The molecule has 3 fully saturated rings. The highest BCUT2D eigenvalue weighted by atomic mass is 35.5. The number of likely N-dealkylation sites (tertiary alicyclic amines) is 1. The zero-order valence-corrected chi connectivity index (χ0v) is 22.2. The maximum atomic E-state index is 14.4. The van der Waals surface area contributed by atoms with Gasteiger partial charge in [-0.15, -0.1) is 24.9 Å². The molecular weight excluding hydrogens is 500 g/mol. The summed E-state index contributed by atoms with van der Waals surface area (Å²) in [6.45, 7) is 11.4. The maximum Gasteiger partial charge on any atom is 0.310 e. The van der Waals surface area contributed by atoms with Crippen molar-refractivity contribution in [2.24, 2.45) is 17.8 Å². The highest BCUT2D eigenvalue weighted by Crippen LogP contribution is 2.69. The van der Waals surface area contributed by atoms with Crippen LogP contribution in [0.15, 0.2) is 49.6 Å². The van der Waals surface area contributed by atoms with Crippen molar-refractivity contribution in [3.8, 4) is 0 Å². The lowest BCUT2D eigenvalue weighted by Gasteiger charge is -2.41. The van der Waals surface area contributed by atoms with E-state index in [0.717, 1.165) is 0 Å². The summed E-state index contributed by atoms with van der Waals surface area (Å²) in [7, 11) is 0. The Labute approximate surface area is 221 Å². The fourth-order valence-electron chi connectivity index (χ4n) is 6.13. The molecule has 1 aromatic carbocycles. The molecule has 3 aliphatic heterocycles. The number of carbonyl (C=O) groups is 3. The van der Waals surface area contributed by atoms with Crippen molar-refractivity contribution in [3.63, 3.8) is 0 Å². The normalized spacial score (nSPS) is 31.2. The van der Waals surface area contributed by atoms with Crippen molar-refractivity contribution < 1.29 is 24.2 Å². The van der Waals surface area contributed by atoms with E-state index < -0.39 is 34.6 Å². The molecule has 3 saturated heterocycles. The molecule has 2 amide bonds. The Morgan fingerprint density at radius 2 is 2.03 bits per heavy atom. The Hall–Kier alpha value is -2.29. The first-order valence-corrected chi connectivity index (χ1v) is 13.5. The van der Waals surface area contributed by atoms with Gasteiger partial charge in [-0.1, -0.05) is 30.7 Å². The molecule has 9 heteroatoms. The van der Waals surface area contributed by atoms with Crippen molar-refractivity contribution >= 4 is 46.8 Å². The van der Waals surface area contributed by atoms with Gasteiger partial charge in [0.2, 0.25) is 5.91 Å². The minimum absolute atomic E-state index is 0.0133. The Morgan fingerprint density at radius 1 is 1.33 bits per heavy atom. The van der Waals surface area contributed by atoms with Crippen LogP contribution in [-0.2, 0) is 19.1 Å². The van der Waals surface area contributed by atoms with Crippen molar-refractivity contribution in [2.45, 2.75) is 48.8 Å². The number of halogens is 1. The van der Waals surface area contributed by atoms with Crippen LogP contribution in [0, 0.1) is 17.8 Å². The molecule has 2 bridgehead atoms. The number of fused-ring (bicyclic) bond motifs is 1. The lowest BCUT2D eigenvalue weighted by Crippen LogP contribution is -2.59. The predicted molar refractivity (Wildman–Crippen MR) is 142 cm³/mol. The molecule has 3 aliphatic rings. The number of thioether (sulfide) groups is 1. The van der Waals surface area contributed by atoms with Gasteiger partial charge in [-0.05, 0) is 49.9 Å². The van der Waals surface area contributed by atoms with Crippen LogP contribution in [0.25, 0.3) is 0 Å². The molecule has 3 heterocycles. The summed E-state index contributed by atoms with van der Waals surface area (Å²) < 4.78 is 4.73. The van der Waals surface area contributed by atoms with Crippen molar-refractivity contribution in [3.05, 3.63) is 54.6 Å². The zero-order valence-electron chi connectivity index (χ0n) is 20.6. The van der Waals surface area contributed by atoms with Crippen LogP contribution < -0.4 is 4.90 Å². The molecule has 3 unspecified atom stereocenters. The van der Waals surface area contributed by atoms with Gasteiger partial charge in [0.1, 0.15) is 6.04 Å². The predicted octanol–water partition coefficient (Wildman–Crippen LogP) is 3.70. The quantitative estimate of drug-likeness (QED) is 0.281. The van der Waals surface area contributed by atoms with Crippen LogP contribution in [0.1, 0.15) is 26.7 Å². The molecule has 0 radical (unpaired) electrons. The van der Waals surface area contributed by atoms with Gasteiger partial charge < -0.3 is 19.6 Å². The van der Waals surface area contributed by atoms with Crippen molar-refractivity contribution in [1.29, 1.82) is 0 Å². The van der Waals surface area contributed by atoms with Gasteiger partial charge in [0, 0.05) is 22.5 Å². The van der Waals surface area contributed by atoms with Gasteiger partial charge in [0.25, 0.3) is 5.91 Å². The van der Waals surface area contributed by atoms with Crippen LogP contribution >= 0.6 is 23.4 Å². The van der Waals surface area contributed by atoms with E-state index in [2.05, 4.69) is 20.1 Å². The number of aliphatic hydroxyl groups is 1. The minimum Gasteiger partial charge on any atom is -0.465 e. The topological polar surface area (TPSA) is 87.1 Å². The first-order chi connectivity index (χ1) is 17.2. The first kappa shape index (κ1) is 26.8. The Kier molecular flexibility index (Phi) is 7.88. The molecule has 1 aromatic rings. The van der Waals surface area contributed by atoms with Gasteiger partial charge in [0.05, 0.1) is 35.8 Å². The molecule has 7 nitrogen and oxygen atoms in total. The monoisotopic (exact) mass is 532 g/mol. The lowest BCUT2D eigenvalue weighted by molar-refractivity contribution is -0.154. The van der Waals surface area contributed by atoms with E-state index in [1.54, 1.807) is 60.0 Å². The number of aliphatic hydroxyl groups excluding tert-OH is 1. The summed E-state index contributed by atoms with van der Waals surface area (Å²) in [6.07, 6.45) is 4.56. The third-order valence-electron chi connectivity index (χ3n) is 7.71. The SMILES string of the molecule is C=CCCOC(=O)[C@@H]1[C@H]2C(=O)N([C@H](C)CO)C(C(=O)N(CC=C)c3ccc(Cl)cc3)C23S[C@@H]1CC3C. The number of amides is 2. The molecule has 0 aromatic heterocycles. The van der Waals surface area contributed by atoms with Crippen LogP contribution in [0.4, 0.5) is 5.69 Å². The molecule has 0 saturated carbocycles. The molecule has 7 atom stereocenters. The first-order valence-electron chi connectivity index (χ1n) is 12.3. The second-order valence-electron chi connectivity index (χ2n) is 9.79. The highest BCUT2D eigenvalue weighted by molar-refractivity contribution is 8.02. The lowest BCUT2D eigenvalue weighted by atomic mass is 9.66. The largest absolute Gasteiger partial charge is 0.465 e. The van der Waals surface area contributed by atoms with Gasteiger partial charge in [0.15, 0.2) is 0 Å². The van der Waals surface area contributed by atoms with Gasteiger partial charge in [-0.3, -0.25) is 14.4 Å². The second-order valence-corrected chi connectivity index (χ2v) is 11.8. The van der Waals surface area contributed by atoms with E-state index in [9.17, 15) is 19.5 Å². The second kappa shape index (κ2) is 10.6. The van der Waals surface area contributed by atoms with E-state index in [-0.39, 0.29) is 42.7 Å². The van der Waals surface area contributed by atoms with E-state index in [4.69, 9.17) is 16.3 Å². The number of carbonyl (C=O) groups excluding carboxylic acids is 3. The fourth-order valence-corrected chi connectivity index (χ4v) is 8.64. The van der Waals surface area contributed by atoms with E-state index >= 15 is 0 Å². The highest BCUT2D eigenvalue weighted by Gasteiger charge is 2.77. The number of anilines is 1. The Morgan fingerprint density at radius 3 is 2.64 bits per heavy atom. The van der Waals surface area contributed by atoms with Crippen LogP contribution in [0.5, 0.6) is 0 Å². The summed E-state index contributed by atoms with van der Waals surface area (Å²) in [5.41, 5.74) is 0.638. The third kappa shape index (κ3) is 4.17. The molecule has 1 N–H and O–H groups in total. The van der Waals surface area contributed by atoms with Crippen LogP contribution in [0.3, 0.4) is 0 Å². The maximum absolute atomic E-state index is 14.4. The number of hydrogen-bond donors (Lipinski definition) is 1. The average Bonchev–Trinajstić information content (AvgIpc) is 3.46. The summed E-state index contributed by atoms with van der Waals surface area (Å²) in [5, 5.41) is 10.5. The molecule has 1 spiro atoms.